The zero-order valence-corrected chi connectivity index (χ0v) is 10.8. The molecule has 6 heteroatoms. The lowest BCUT2D eigenvalue weighted by atomic mass is 10.0. The number of nitro groups is 1. The van der Waals surface area contributed by atoms with Gasteiger partial charge in [0.1, 0.15) is 0 Å². The van der Waals surface area contributed by atoms with E-state index >= 15 is 0 Å². The highest BCUT2D eigenvalue weighted by Gasteiger charge is 2.13. The number of rotatable bonds is 5. The van der Waals surface area contributed by atoms with Crippen LogP contribution in [0.4, 0.5) is 5.69 Å². The fourth-order valence-electron chi connectivity index (χ4n) is 1.44. The van der Waals surface area contributed by atoms with Gasteiger partial charge in [-0.2, -0.15) is 5.26 Å². The van der Waals surface area contributed by atoms with Gasteiger partial charge in [-0.1, -0.05) is 22.0 Å². The van der Waals surface area contributed by atoms with Gasteiger partial charge in [-0.15, -0.1) is 0 Å². The molecule has 1 aromatic rings. The fourth-order valence-corrected chi connectivity index (χ4v) is 2.05. The number of non-ortho nitro benzene ring substituents is 1. The zero-order chi connectivity index (χ0) is 12.8. The predicted octanol–water partition coefficient (Wildman–Crippen LogP) is 2.42. The molecule has 0 N–H and O–H groups in total. The number of hydrogen-bond acceptors (Lipinski definition) is 4. The third kappa shape index (κ3) is 3.80. The summed E-state index contributed by atoms with van der Waals surface area (Å²) in [5.41, 5.74) is 1.04. The Kier molecular flexibility index (Phi) is 5.07. The van der Waals surface area contributed by atoms with Crippen molar-refractivity contribution in [2.75, 3.05) is 13.7 Å². The van der Waals surface area contributed by atoms with Gasteiger partial charge in [0.05, 0.1) is 23.2 Å². The lowest BCUT2D eigenvalue weighted by Gasteiger charge is -2.09. The molecule has 1 unspecified atom stereocenters. The summed E-state index contributed by atoms with van der Waals surface area (Å²) in [6.45, 7) is 0.516. The maximum atomic E-state index is 10.6. The zero-order valence-electron chi connectivity index (χ0n) is 9.22. The van der Waals surface area contributed by atoms with Crippen LogP contribution in [0.3, 0.4) is 0 Å². The minimum atomic E-state index is -0.509. The molecule has 0 bridgehead atoms. The van der Waals surface area contributed by atoms with Crippen molar-refractivity contribution in [2.45, 2.75) is 11.2 Å². The van der Waals surface area contributed by atoms with Gasteiger partial charge in [-0.05, 0) is 12.0 Å². The molecule has 0 spiro atoms. The SMILES string of the molecule is COCC(Br)Cc1ccc([N+](=O)[O-])cc1C#N. The van der Waals surface area contributed by atoms with Crippen molar-refractivity contribution in [3.8, 4) is 6.07 Å². The number of halogens is 1. The van der Waals surface area contributed by atoms with Crippen molar-refractivity contribution in [1.82, 2.24) is 0 Å². The monoisotopic (exact) mass is 298 g/mol. The molecule has 0 aliphatic carbocycles. The molecule has 0 saturated carbocycles. The first-order valence-electron chi connectivity index (χ1n) is 4.89. The van der Waals surface area contributed by atoms with E-state index in [1.54, 1.807) is 13.2 Å². The van der Waals surface area contributed by atoms with E-state index < -0.39 is 4.92 Å². The topological polar surface area (TPSA) is 76.2 Å². The van der Waals surface area contributed by atoms with Gasteiger partial charge in [0, 0.05) is 24.1 Å². The van der Waals surface area contributed by atoms with Crippen molar-refractivity contribution in [3.63, 3.8) is 0 Å². The van der Waals surface area contributed by atoms with Crippen LogP contribution in [0.25, 0.3) is 0 Å². The Morgan fingerprint density at radius 2 is 2.35 bits per heavy atom. The smallest absolute Gasteiger partial charge is 0.270 e. The fraction of sp³-hybridized carbons (Fsp3) is 0.364. The molecule has 5 nitrogen and oxygen atoms in total. The van der Waals surface area contributed by atoms with Gasteiger partial charge in [0.25, 0.3) is 5.69 Å². The van der Waals surface area contributed by atoms with Crippen LogP contribution >= 0.6 is 15.9 Å². The highest BCUT2D eigenvalue weighted by atomic mass is 79.9. The lowest BCUT2D eigenvalue weighted by molar-refractivity contribution is -0.384. The number of alkyl halides is 1. The Morgan fingerprint density at radius 1 is 1.65 bits per heavy atom. The molecule has 0 fully saturated rings. The Labute approximate surface area is 107 Å². The number of nitrogens with zero attached hydrogens (tertiary/aromatic N) is 2. The molecule has 1 atom stereocenters. The molecular formula is C11H11BrN2O3. The van der Waals surface area contributed by atoms with Gasteiger partial charge in [-0.3, -0.25) is 10.1 Å². The third-order valence-corrected chi connectivity index (χ3v) is 2.80. The first-order chi connectivity index (χ1) is 8.08. The molecule has 0 amide bonds. The summed E-state index contributed by atoms with van der Waals surface area (Å²) >= 11 is 3.42. The number of nitro benzene ring substituents is 1. The molecule has 17 heavy (non-hydrogen) atoms. The van der Waals surface area contributed by atoms with Gasteiger partial charge in [-0.25, -0.2) is 0 Å². The van der Waals surface area contributed by atoms with Crippen LogP contribution in [0.15, 0.2) is 18.2 Å². The summed E-state index contributed by atoms with van der Waals surface area (Å²) in [7, 11) is 1.59. The van der Waals surface area contributed by atoms with Crippen LogP contribution in [-0.2, 0) is 11.2 Å². The van der Waals surface area contributed by atoms with E-state index in [0.717, 1.165) is 5.56 Å². The van der Waals surface area contributed by atoms with Crippen LogP contribution in [0.1, 0.15) is 11.1 Å². The summed E-state index contributed by atoms with van der Waals surface area (Å²) in [4.78, 5) is 10.1. The summed E-state index contributed by atoms with van der Waals surface area (Å²) in [5.74, 6) is 0. The average molecular weight is 299 g/mol. The number of benzene rings is 1. The van der Waals surface area contributed by atoms with E-state index in [2.05, 4.69) is 15.9 Å². The largest absolute Gasteiger partial charge is 0.384 e. The summed E-state index contributed by atoms with van der Waals surface area (Å²) in [6, 6.07) is 6.28. The highest BCUT2D eigenvalue weighted by Crippen LogP contribution is 2.20. The average Bonchev–Trinajstić information content (AvgIpc) is 2.29. The molecule has 0 aliphatic heterocycles. The van der Waals surface area contributed by atoms with Crippen LogP contribution in [0.2, 0.25) is 0 Å². The Morgan fingerprint density at radius 3 is 2.88 bits per heavy atom. The Bertz CT molecular complexity index is 457. The van der Waals surface area contributed by atoms with Crippen molar-refractivity contribution >= 4 is 21.6 Å². The molecule has 0 aliphatic rings. The van der Waals surface area contributed by atoms with E-state index in [9.17, 15) is 10.1 Å². The third-order valence-electron chi connectivity index (χ3n) is 2.21. The molecule has 0 saturated heterocycles. The van der Waals surface area contributed by atoms with Crippen molar-refractivity contribution in [2.24, 2.45) is 0 Å². The quantitative estimate of drug-likeness (QED) is 0.475. The van der Waals surface area contributed by atoms with E-state index in [-0.39, 0.29) is 10.5 Å². The Balaban J connectivity index is 2.94. The van der Waals surface area contributed by atoms with Gasteiger partial charge in [0.2, 0.25) is 0 Å². The maximum Gasteiger partial charge on any atom is 0.270 e. The summed E-state index contributed by atoms with van der Waals surface area (Å²) in [6.07, 6.45) is 0.592. The standard InChI is InChI=1S/C11H11BrN2O3/c1-17-7-10(12)4-8-2-3-11(14(15)16)5-9(8)6-13/h2-3,5,10H,4,7H2,1H3. The van der Waals surface area contributed by atoms with Crippen LogP contribution in [0.5, 0.6) is 0 Å². The maximum absolute atomic E-state index is 10.6. The van der Waals surface area contributed by atoms with Crippen LogP contribution in [0, 0.1) is 21.4 Å². The molecule has 0 aromatic heterocycles. The second-order valence-electron chi connectivity index (χ2n) is 3.47. The Hall–Kier alpha value is -1.45. The predicted molar refractivity (Wildman–Crippen MR) is 66.1 cm³/mol. The van der Waals surface area contributed by atoms with E-state index in [1.165, 1.54) is 12.1 Å². The molecule has 1 aromatic carbocycles. The minimum absolute atomic E-state index is 0.0665. The van der Waals surface area contributed by atoms with E-state index in [0.29, 0.717) is 18.6 Å². The number of ether oxygens (including phenoxy) is 1. The summed E-state index contributed by atoms with van der Waals surface area (Å²) in [5, 5.41) is 19.5. The summed E-state index contributed by atoms with van der Waals surface area (Å²) < 4.78 is 4.97. The molecule has 1 rings (SSSR count). The van der Waals surface area contributed by atoms with E-state index in [4.69, 9.17) is 10.00 Å². The first kappa shape index (κ1) is 13.6. The number of nitriles is 1. The molecule has 0 radical (unpaired) electrons. The number of methoxy groups -OCH3 is 1. The van der Waals surface area contributed by atoms with Crippen molar-refractivity contribution in [3.05, 3.63) is 39.4 Å². The normalized spacial score (nSPS) is 11.8. The molecular weight excluding hydrogens is 288 g/mol. The van der Waals surface area contributed by atoms with E-state index in [1.807, 2.05) is 6.07 Å². The van der Waals surface area contributed by atoms with Crippen LogP contribution < -0.4 is 0 Å². The molecule has 90 valence electrons. The van der Waals surface area contributed by atoms with Crippen molar-refractivity contribution in [1.29, 1.82) is 5.26 Å². The second kappa shape index (κ2) is 6.33. The van der Waals surface area contributed by atoms with Gasteiger partial charge >= 0.3 is 0 Å². The second-order valence-corrected chi connectivity index (χ2v) is 4.76. The van der Waals surface area contributed by atoms with Crippen LogP contribution in [-0.4, -0.2) is 23.5 Å². The van der Waals surface area contributed by atoms with Gasteiger partial charge < -0.3 is 4.74 Å². The van der Waals surface area contributed by atoms with Crippen molar-refractivity contribution < 1.29 is 9.66 Å². The highest BCUT2D eigenvalue weighted by molar-refractivity contribution is 9.09. The molecule has 0 heterocycles. The lowest BCUT2D eigenvalue weighted by Crippen LogP contribution is -2.11. The number of hydrogen-bond donors (Lipinski definition) is 0. The first-order valence-corrected chi connectivity index (χ1v) is 5.80. The minimum Gasteiger partial charge on any atom is -0.384 e. The van der Waals surface area contributed by atoms with Gasteiger partial charge in [0.15, 0.2) is 0 Å².